The van der Waals surface area contributed by atoms with E-state index in [1.54, 1.807) is 0 Å². The van der Waals surface area contributed by atoms with Crippen molar-refractivity contribution in [3.05, 3.63) is 11.6 Å². The molecule has 0 aromatic carbocycles. The van der Waals surface area contributed by atoms with Gasteiger partial charge in [0.05, 0.1) is 0 Å². The first-order valence-corrected chi connectivity index (χ1v) is 3.22. The quantitative estimate of drug-likeness (QED) is 0.575. The van der Waals surface area contributed by atoms with Crippen molar-refractivity contribution in [2.24, 2.45) is 5.73 Å². The Morgan fingerprint density at radius 1 is 1.55 bits per heavy atom. The molecule has 0 spiro atoms. The molecule has 0 aromatic rings. The Hall–Kier alpha value is -1.32. The Morgan fingerprint density at radius 3 is 2.45 bits per heavy atom. The minimum atomic E-state index is -0.963. The van der Waals surface area contributed by atoms with Gasteiger partial charge in [0.2, 0.25) is 5.91 Å². The van der Waals surface area contributed by atoms with Crippen molar-refractivity contribution in [2.45, 2.75) is 19.8 Å². The van der Waals surface area contributed by atoms with Gasteiger partial charge in [-0.15, -0.1) is 0 Å². The Kier molecular flexibility index (Phi) is 3.95. The van der Waals surface area contributed by atoms with E-state index >= 15 is 0 Å². The molecule has 3 N–H and O–H groups in total. The number of amides is 1. The fraction of sp³-hybridized carbons (Fsp3) is 0.429. The van der Waals surface area contributed by atoms with Crippen LogP contribution in [0.4, 0.5) is 0 Å². The van der Waals surface area contributed by atoms with Crippen molar-refractivity contribution in [2.75, 3.05) is 0 Å². The third kappa shape index (κ3) is 5.14. The van der Waals surface area contributed by atoms with Crippen molar-refractivity contribution in [3.63, 3.8) is 0 Å². The van der Waals surface area contributed by atoms with Crippen LogP contribution >= 0.6 is 0 Å². The van der Waals surface area contributed by atoms with Gasteiger partial charge in [-0.25, -0.2) is 4.79 Å². The normalized spacial score (nSPS) is 11.2. The van der Waals surface area contributed by atoms with Crippen LogP contribution in [0.2, 0.25) is 0 Å². The van der Waals surface area contributed by atoms with E-state index < -0.39 is 11.9 Å². The monoisotopic (exact) mass is 157 g/mol. The van der Waals surface area contributed by atoms with Gasteiger partial charge in [-0.05, 0) is 13.3 Å². The van der Waals surface area contributed by atoms with Crippen LogP contribution in [0.25, 0.3) is 0 Å². The lowest BCUT2D eigenvalue weighted by molar-refractivity contribution is -0.132. The van der Waals surface area contributed by atoms with Crippen LogP contribution in [0.3, 0.4) is 0 Å². The van der Waals surface area contributed by atoms with Crippen molar-refractivity contribution in [1.82, 2.24) is 0 Å². The van der Waals surface area contributed by atoms with Gasteiger partial charge >= 0.3 is 5.97 Å². The summed E-state index contributed by atoms with van der Waals surface area (Å²) in [4.78, 5) is 20.4. The van der Waals surface area contributed by atoms with E-state index in [4.69, 9.17) is 10.8 Å². The highest BCUT2D eigenvalue weighted by molar-refractivity contribution is 5.85. The van der Waals surface area contributed by atoms with E-state index in [9.17, 15) is 9.59 Å². The Bertz CT molecular complexity index is 196. The summed E-state index contributed by atoms with van der Waals surface area (Å²) in [6, 6.07) is 0. The van der Waals surface area contributed by atoms with E-state index in [0.29, 0.717) is 6.42 Å². The number of allylic oxidation sites excluding steroid dienone is 1. The SMILES string of the molecule is CC(=CCCC(N)=O)C(=O)O. The van der Waals surface area contributed by atoms with Gasteiger partial charge in [0.25, 0.3) is 0 Å². The minimum absolute atomic E-state index is 0.199. The molecule has 0 radical (unpaired) electrons. The zero-order chi connectivity index (χ0) is 8.85. The highest BCUT2D eigenvalue weighted by Gasteiger charge is 1.98. The summed E-state index contributed by atoms with van der Waals surface area (Å²) in [7, 11) is 0. The van der Waals surface area contributed by atoms with Gasteiger partial charge in [0.1, 0.15) is 0 Å². The van der Waals surface area contributed by atoms with Crippen LogP contribution in [0.15, 0.2) is 11.6 Å². The number of carboxylic acids is 1. The summed E-state index contributed by atoms with van der Waals surface area (Å²) in [6.07, 6.45) is 2.07. The smallest absolute Gasteiger partial charge is 0.330 e. The lowest BCUT2D eigenvalue weighted by Crippen LogP contribution is -2.09. The number of carbonyl (C=O) groups is 2. The first-order chi connectivity index (χ1) is 5.04. The molecule has 4 nitrogen and oxygen atoms in total. The fourth-order valence-corrected chi connectivity index (χ4v) is 0.518. The topological polar surface area (TPSA) is 80.4 Å². The maximum Gasteiger partial charge on any atom is 0.330 e. The van der Waals surface area contributed by atoms with Gasteiger partial charge in [-0.3, -0.25) is 4.79 Å². The molecule has 0 heterocycles. The summed E-state index contributed by atoms with van der Waals surface area (Å²) in [5.74, 6) is -1.38. The van der Waals surface area contributed by atoms with Gasteiger partial charge in [-0.2, -0.15) is 0 Å². The minimum Gasteiger partial charge on any atom is -0.478 e. The standard InChI is InChI=1S/C7H11NO3/c1-5(7(10)11)3-2-4-6(8)9/h3H,2,4H2,1H3,(H2,8,9)(H,10,11). The predicted molar refractivity (Wildman–Crippen MR) is 39.8 cm³/mol. The van der Waals surface area contributed by atoms with Gasteiger partial charge in [-0.1, -0.05) is 6.08 Å². The lowest BCUT2D eigenvalue weighted by Gasteiger charge is -1.91. The average molecular weight is 157 g/mol. The Balaban J connectivity index is 3.74. The predicted octanol–water partition coefficient (Wildman–Crippen LogP) is 0.283. The van der Waals surface area contributed by atoms with Crippen molar-refractivity contribution in [3.8, 4) is 0 Å². The van der Waals surface area contributed by atoms with Gasteiger partial charge in [0, 0.05) is 12.0 Å². The van der Waals surface area contributed by atoms with Gasteiger partial charge in [0.15, 0.2) is 0 Å². The number of carboxylic acid groups (broad SMARTS) is 1. The molecule has 0 atom stereocenters. The average Bonchev–Trinajstić information content (AvgIpc) is 1.86. The van der Waals surface area contributed by atoms with Crippen molar-refractivity contribution >= 4 is 11.9 Å². The molecule has 0 saturated carbocycles. The molecule has 0 fully saturated rings. The number of aliphatic carboxylic acids is 1. The molecule has 0 bridgehead atoms. The highest BCUT2D eigenvalue weighted by atomic mass is 16.4. The zero-order valence-corrected chi connectivity index (χ0v) is 6.33. The van der Waals surface area contributed by atoms with Crippen LogP contribution in [-0.2, 0) is 9.59 Å². The number of hydrogen-bond acceptors (Lipinski definition) is 2. The summed E-state index contributed by atoms with van der Waals surface area (Å²) in [5.41, 5.74) is 5.08. The fourth-order valence-electron chi connectivity index (χ4n) is 0.518. The summed E-state index contributed by atoms with van der Waals surface area (Å²) in [6.45, 7) is 1.48. The molecule has 0 aliphatic heterocycles. The molecule has 0 aliphatic rings. The molecule has 4 heteroatoms. The van der Waals surface area contributed by atoms with E-state index in [1.807, 2.05) is 0 Å². The summed E-state index contributed by atoms with van der Waals surface area (Å²) < 4.78 is 0. The van der Waals surface area contributed by atoms with Crippen LogP contribution in [0.5, 0.6) is 0 Å². The molecule has 0 unspecified atom stereocenters. The van der Waals surface area contributed by atoms with Crippen molar-refractivity contribution in [1.29, 1.82) is 0 Å². The third-order valence-corrected chi connectivity index (χ3v) is 1.18. The second-order valence-corrected chi connectivity index (χ2v) is 2.20. The van der Waals surface area contributed by atoms with E-state index in [1.165, 1.54) is 13.0 Å². The lowest BCUT2D eigenvalue weighted by atomic mass is 10.2. The van der Waals surface area contributed by atoms with Gasteiger partial charge < -0.3 is 10.8 Å². The maximum absolute atomic E-state index is 10.2. The summed E-state index contributed by atoms with van der Waals surface area (Å²) in [5, 5.41) is 8.36. The third-order valence-electron chi connectivity index (χ3n) is 1.18. The van der Waals surface area contributed by atoms with E-state index in [-0.39, 0.29) is 12.0 Å². The van der Waals surface area contributed by atoms with Crippen LogP contribution in [-0.4, -0.2) is 17.0 Å². The molecule has 0 aromatic heterocycles. The number of nitrogens with two attached hydrogens (primary N) is 1. The number of primary amides is 1. The van der Waals surface area contributed by atoms with Crippen LogP contribution in [0.1, 0.15) is 19.8 Å². The first kappa shape index (κ1) is 9.68. The highest BCUT2D eigenvalue weighted by Crippen LogP contribution is 1.97. The number of hydrogen-bond donors (Lipinski definition) is 2. The molecule has 1 amide bonds. The molecule has 62 valence electrons. The molecular weight excluding hydrogens is 146 g/mol. The Labute approximate surface area is 64.7 Å². The van der Waals surface area contributed by atoms with E-state index in [2.05, 4.69) is 0 Å². The number of carbonyl (C=O) groups excluding carboxylic acids is 1. The largest absolute Gasteiger partial charge is 0.478 e. The van der Waals surface area contributed by atoms with Crippen molar-refractivity contribution < 1.29 is 14.7 Å². The molecule has 0 rings (SSSR count). The molecule has 11 heavy (non-hydrogen) atoms. The second-order valence-electron chi connectivity index (χ2n) is 2.20. The Morgan fingerprint density at radius 2 is 2.09 bits per heavy atom. The first-order valence-electron chi connectivity index (χ1n) is 3.22. The maximum atomic E-state index is 10.2. The zero-order valence-electron chi connectivity index (χ0n) is 6.33. The van der Waals surface area contributed by atoms with Crippen LogP contribution < -0.4 is 5.73 Å². The molecule has 0 aliphatic carbocycles. The summed E-state index contributed by atoms with van der Waals surface area (Å²) >= 11 is 0. The molecular formula is C7H11NO3. The second kappa shape index (κ2) is 4.49. The van der Waals surface area contributed by atoms with E-state index in [0.717, 1.165) is 0 Å². The molecule has 0 saturated heterocycles. The van der Waals surface area contributed by atoms with Crippen LogP contribution in [0, 0.1) is 0 Å². The number of rotatable bonds is 4.